The van der Waals surface area contributed by atoms with E-state index >= 15 is 0 Å². The second-order valence-electron chi connectivity index (χ2n) is 2.36. The second kappa shape index (κ2) is 3.88. The summed E-state index contributed by atoms with van der Waals surface area (Å²) in [5.74, 6) is 0.657. The van der Waals surface area contributed by atoms with Crippen LogP contribution in [0.2, 0.25) is 0 Å². The normalized spacial score (nSPS) is 12.5. The van der Waals surface area contributed by atoms with E-state index < -0.39 is 0 Å². The molecule has 4 heteroatoms. The van der Waals surface area contributed by atoms with Crippen LogP contribution in [0, 0.1) is 0 Å². The van der Waals surface area contributed by atoms with Gasteiger partial charge in [-0.3, -0.25) is 0 Å². The maximum atomic E-state index is 5.47. The van der Waals surface area contributed by atoms with Crippen LogP contribution in [0.4, 0.5) is 0 Å². The molecule has 1 rings (SSSR count). The summed E-state index contributed by atoms with van der Waals surface area (Å²) < 4.78 is 5.22. The van der Waals surface area contributed by atoms with Crippen LogP contribution in [0.5, 0.6) is 5.75 Å². The molecular formula is C7H11N3O. The van der Waals surface area contributed by atoms with Crippen molar-refractivity contribution in [2.45, 2.75) is 13.0 Å². The van der Waals surface area contributed by atoms with Gasteiger partial charge in [-0.2, -0.15) is 0 Å². The molecule has 1 atom stereocenters. The van der Waals surface area contributed by atoms with Gasteiger partial charge in [0.25, 0.3) is 0 Å². The zero-order valence-corrected chi connectivity index (χ0v) is 6.40. The van der Waals surface area contributed by atoms with Gasteiger partial charge in [-0.25, -0.2) is 9.97 Å². The highest BCUT2D eigenvalue weighted by molar-refractivity contribution is 5.09. The van der Waals surface area contributed by atoms with Crippen LogP contribution in [0.1, 0.15) is 6.92 Å². The smallest absolute Gasteiger partial charge is 0.155 e. The summed E-state index contributed by atoms with van der Waals surface area (Å²) in [5.41, 5.74) is 5.47. The third kappa shape index (κ3) is 2.95. The number of aromatic nitrogens is 2. The van der Waals surface area contributed by atoms with Gasteiger partial charge in [-0.05, 0) is 6.92 Å². The summed E-state index contributed by atoms with van der Waals surface area (Å²) in [6, 6.07) is 0.0372. The molecule has 0 aliphatic heterocycles. The Bertz CT molecular complexity index is 200. The Labute approximate surface area is 65.4 Å². The van der Waals surface area contributed by atoms with Gasteiger partial charge >= 0.3 is 0 Å². The van der Waals surface area contributed by atoms with Crippen LogP contribution in [0.15, 0.2) is 18.7 Å². The van der Waals surface area contributed by atoms with Crippen LogP contribution in [-0.2, 0) is 0 Å². The number of rotatable bonds is 3. The van der Waals surface area contributed by atoms with Gasteiger partial charge in [-0.1, -0.05) is 0 Å². The highest BCUT2D eigenvalue weighted by Gasteiger charge is 1.95. The molecule has 1 heterocycles. The van der Waals surface area contributed by atoms with Gasteiger partial charge in [0.05, 0.1) is 12.4 Å². The number of nitrogens with two attached hydrogens (primary N) is 1. The Kier molecular flexibility index (Phi) is 2.80. The van der Waals surface area contributed by atoms with Gasteiger partial charge in [0, 0.05) is 6.04 Å². The monoisotopic (exact) mass is 153 g/mol. The molecule has 0 amide bonds. The molecule has 0 saturated carbocycles. The number of hydrogen-bond acceptors (Lipinski definition) is 4. The van der Waals surface area contributed by atoms with E-state index in [1.165, 1.54) is 6.33 Å². The van der Waals surface area contributed by atoms with Crippen molar-refractivity contribution in [1.82, 2.24) is 9.97 Å². The average molecular weight is 153 g/mol. The van der Waals surface area contributed by atoms with E-state index in [1.807, 2.05) is 6.92 Å². The Morgan fingerprint density at radius 3 is 2.73 bits per heavy atom. The largest absolute Gasteiger partial charge is 0.489 e. The third-order valence-corrected chi connectivity index (χ3v) is 1.05. The van der Waals surface area contributed by atoms with Crippen molar-refractivity contribution in [3.8, 4) is 5.75 Å². The van der Waals surface area contributed by atoms with Crippen LogP contribution < -0.4 is 10.5 Å². The average Bonchev–Trinajstić information content (AvgIpc) is 2.03. The van der Waals surface area contributed by atoms with Gasteiger partial charge < -0.3 is 10.5 Å². The molecule has 1 unspecified atom stereocenters. The molecule has 2 N–H and O–H groups in total. The van der Waals surface area contributed by atoms with Crippen molar-refractivity contribution < 1.29 is 4.74 Å². The van der Waals surface area contributed by atoms with Crippen LogP contribution in [0.3, 0.4) is 0 Å². The topological polar surface area (TPSA) is 61.0 Å². The van der Waals surface area contributed by atoms with Crippen molar-refractivity contribution in [3.05, 3.63) is 18.7 Å². The Balaban J connectivity index is 2.39. The fraction of sp³-hybridized carbons (Fsp3) is 0.429. The van der Waals surface area contributed by atoms with Gasteiger partial charge in [-0.15, -0.1) is 0 Å². The van der Waals surface area contributed by atoms with Crippen LogP contribution in [-0.4, -0.2) is 22.6 Å². The van der Waals surface area contributed by atoms with Gasteiger partial charge in [0.15, 0.2) is 5.75 Å². The van der Waals surface area contributed by atoms with Crippen molar-refractivity contribution in [1.29, 1.82) is 0 Å². The lowest BCUT2D eigenvalue weighted by atomic mass is 10.4. The summed E-state index contributed by atoms with van der Waals surface area (Å²) in [6.07, 6.45) is 4.67. The molecule has 0 saturated heterocycles. The standard InChI is InChI=1S/C7H11N3O/c1-6(8)4-11-7-2-9-5-10-3-7/h2-3,5-6H,4,8H2,1H3. The molecule has 0 fully saturated rings. The van der Waals surface area contributed by atoms with Gasteiger partial charge in [0.1, 0.15) is 12.9 Å². The first-order chi connectivity index (χ1) is 5.29. The Morgan fingerprint density at radius 1 is 1.55 bits per heavy atom. The SMILES string of the molecule is CC(N)COc1cncnc1. The quantitative estimate of drug-likeness (QED) is 0.674. The molecule has 4 nitrogen and oxygen atoms in total. The zero-order valence-electron chi connectivity index (χ0n) is 6.40. The number of nitrogens with zero attached hydrogens (tertiary/aromatic N) is 2. The molecule has 0 aliphatic carbocycles. The first-order valence-corrected chi connectivity index (χ1v) is 3.42. The Morgan fingerprint density at radius 2 is 2.18 bits per heavy atom. The number of ether oxygens (including phenoxy) is 1. The lowest BCUT2D eigenvalue weighted by molar-refractivity contribution is 0.294. The molecule has 0 bridgehead atoms. The Hall–Kier alpha value is -1.16. The maximum absolute atomic E-state index is 5.47. The summed E-state index contributed by atoms with van der Waals surface area (Å²) in [6.45, 7) is 2.37. The van der Waals surface area contributed by atoms with Crippen molar-refractivity contribution in [2.24, 2.45) is 5.73 Å². The minimum absolute atomic E-state index is 0.0372. The lowest BCUT2D eigenvalue weighted by Gasteiger charge is -2.06. The molecule has 1 aromatic heterocycles. The van der Waals surface area contributed by atoms with E-state index in [0.717, 1.165) is 0 Å². The lowest BCUT2D eigenvalue weighted by Crippen LogP contribution is -2.23. The number of hydrogen-bond donors (Lipinski definition) is 1. The van der Waals surface area contributed by atoms with Crippen molar-refractivity contribution in [3.63, 3.8) is 0 Å². The highest BCUT2D eigenvalue weighted by atomic mass is 16.5. The summed E-state index contributed by atoms with van der Waals surface area (Å²) >= 11 is 0. The predicted molar refractivity (Wildman–Crippen MR) is 41.2 cm³/mol. The fourth-order valence-electron chi connectivity index (χ4n) is 0.588. The molecule has 60 valence electrons. The second-order valence-corrected chi connectivity index (χ2v) is 2.36. The summed E-state index contributed by atoms with van der Waals surface area (Å²) in [4.78, 5) is 7.57. The molecule has 0 radical (unpaired) electrons. The van der Waals surface area contributed by atoms with Gasteiger partial charge in [0.2, 0.25) is 0 Å². The highest BCUT2D eigenvalue weighted by Crippen LogP contribution is 2.03. The minimum atomic E-state index is 0.0372. The van der Waals surface area contributed by atoms with E-state index in [2.05, 4.69) is 9.97 Å². The molecule has 0 spiro atoms. The third-order valence-electron chi connectivity index (χ3n) is 1.05. The van der Waals surface area contributed by atoms with Crippen LogP contribution >= 0.6 is 0 Å². The molecule has 0 aliphatic rings. The van der Waals surface area contributed by atoms with Crippen LogP contribution in [0.25, 0.3) is 0 Å². The van der Waals surface area contributed by atoms with E-state index in [0.29, 0.717) is 12.4 Å². The molecule has 0 aromatic carbocycles. The predicted octanol–water partition coefficient (Wildman–Crippen LogP) is 0.203. The zero-order chi connectivity index (χ0) is 8.10. The first-order valence-electron chi connectivity index (χ1n) is 3.42. The van der Waals surface area contributed by atoms with E-state index in [4.69, 9.17) is 10.5 Å². The molecular weight excluding hydrogens is 142 g/mol. The molecule has 11 heavy (non-hydrogen) atoms. The minimum Gasteiger partial charge on any atom is -0.489 e. The summed E-state index contributed by atoms with van der Waals surface area (Å²) in [7, 11) is 0. The van der Waals surface area contributed by atoms with E-state index in [9.17, 15) is 0 Å². The first kappa shape index (κ1) is 7.94. The van der Waals surface area contributed by atoms with E-state index in [1.54, 1.807) is 12.4 Å². The maximum Gasteiger partial charge on any atom is 0.155 e. The summed E-state index contributed by atoms with van der Waals surface area (Å²) in [5, 5.41) is 0. The fourth-order valence-corrected chi connectivity index (χ4v) is 0.588. The van der Waals surface area contributed by atoms with Crippen molar-refractivity contribution in [2.75, 3.05) is 6.61 Å². The van der Waals surface area contributed by atoms with E-state index in [-0.39, 0.29) is 6.04 Å². The van der Waals surface area contributed by atoms with Crippen molar-refractivity contribution >= 4 is 0 Å². The molecule has 1 aromatic rings.